The Hall–Kier alpha value is -2.99. The number of aliphatic hydroxyl groups is 3. The number of aliphatic imine (C=N–C) groups is 1. The Labute approximate surface area is 158 Å². The highest BCUT2D eigenvalue weighted by Crippen LogP contribution is 2.28. The average molecular weight is 388 g/mol. The predicted molar refractivity (Wildman–Crippen MR) is 93.7 cm³/mol. The minimum absolute atomic E-state index is 0.0556. The molecular formula is C17H18N5O6+. The molecule has 4 atom stereocenters. The molecule has 11 nitrogen and oxygen atoms in total. The number of nitrogens with one attached hydrogen (secondary N) is 2. The summed E-state index contributed by atoms with van der Waals surface area (Å²) in [4.78, 5) is 30.5. The first-order chi connectivity index (χ1) is 13.4. The second kappa shape index (κ2) is 6.87. The van der Waals surface area contributed by atoms with Gasteiger partial charge >= 0.3 is 11.9 Å². The molecule has 0 unspecified atom stereocenters. The van der Waals surface area contributed by atoms with Crippen LogP contribution in [0.15, 0.2) is 35.3 Å². The molecule has 5 N–H and O–H groups in total. The van der Waals surface area contributed by atoms with E-state index in [1.165, 1.54) is 4.58 Å². The molecule has 28 heavy (non-hydrogen) atoms. The summed E-state index contributed by atoms with van der Waals surface area (Å²) < 4.78 is 6.61. The Balaban J connectivity index is 1.76. The van der Waals surface area contributed by atoms with Crippen LogP contribution >= 0.6 is 0 Å². The Kier molecular flexibility index (Phi) is 4.51. The fraction of sp³-hybridized carbons (Fsp3) is 0.353. The zero-order chi connectivity index (χ0) is 20.0. The van der Waals surface area contributed by atoms with Crippen molar-refractivity contribution in [3.63, 3.8) is 0 Å². The summed E-state index contributed by atoms with van der Waals surface area (Å²) in [5.41, 5.74) is 0.668. The van der Waals surface area contributed by atoms with Crippen molar-refractivity contribution in [1.29, 1.82) is 5.41 Å². The van der Waals surface area contributed by atoms with E-state index in [0.29, 0.717) is 0 Å². The van der Waals surface area contributed by atoms with Crippen LogP contribution in [0, 0.1) is 5.41 Å². The first kappa shape index (κ1) is 18.4. The van der Waals surface area contributed by atoms with E-state index in [4.69, 9.17) is 10.1 Å². The van der Waals surface area contributed by atoms with Gasteiger partial charge < -0.3 is 20.1 Å². The van der Waals surface area contributed by atoms with Gasteiger partial charge in [0.2, 0.25) is 12.2 Å². The maximum Gasteiger partial charge on any atom is 0.503 e. The monoisotopic (exact) mass is 388 g/mol. The lowest BCUT2D eigenvalue weighted by molar-refractivity contribution is -0.445. The van der Waals surface area contributed by atoms with E-state index < -0.39 is 49.0 Å². The number of hydrogen-bond donors (Lipinski definition) is 5. The van der Waals surface area contributed by atoms with Crippen LogP contribution in [0.1, 0.15) is 5.56 Å². The van der Waals surface area contributed by atoms with Crippen LogP contribution in [0.2, 0.25) is 0 Å². The van der Waals surface area contributed by atoms with Gasteiger partial charge in [-0.05, 0) is 5.56 Å². The minimum atomic E-state index is -1.53. The molecule has 1 aromatic carbocycles. The molecule has 11 heteroatoms. The van der Waals surface area contributed by atoms with E-state index in [9.17, 15) is 24.9 Å². The van der Waals surface area contributed by atoms with Gasteiger partial charge in [-0.3, -0.25) is 15.5 Å². The molecule has 0 radical (unpaired) electrons. The van der Waals surface area contributed by atoms with Crippen LogP contribution in [0.3, 0.4) is 0 Å². The topological polar surface area (TPSA) is 159 Å². The van der Waals surface area contributed by atoms with Crippen molar-refractivity contribution in [3.05, 3.63) is 35.9 Å². The lowest BCUT2D eigenvalue weighted by Gasteiger charge is -2.20. The Bertz CT molecular complexity index is 914. The van der Waals surface area contributed by atoms with Crippen molar-refractivity contribution >= 4 is 29.4 Å². The highest BCUT2D eigenvalue weighted by molar-refractivity contribution is 6.70. The highest BCUT2D eigenvalue weighted by atomic mass is 16.6. The molecule has 0 spiro atoms. The summed E-state index contributed by atoms with van der Waals surface area (Å²) in [6, 6.07) is 8.25. The summed E-state index contributed by atoms with van der Waals surface area (Å²) >= 11 is 0. The molecule has 0 saturated carbocycles. The first-order valence-corrected chi connectivity index (χ1v) is 8.55. The van der Waals surface area contributed by atoms with E-state index in [1.807, 2.05) is 6.07 Å². The van der Waals surface area contributed by atoms with Crippen molar-refractivity contribution < 1.29 is 34.2 Å². The number of hydrogen-bond acceptors (Lipinski definition) is 7. The number of nitrogens with zero attached hydrogens (tertiary/aromatic N) is 3. The number of aliphatic hydroxyl groups excluding tert-OH is 3. The molecule has 1 fully saturated rings. The quantitative estimate of drug-likeness (QED) is 0.375. The van der Waals surface area contributed by atoms with Gasteiger partial charge in [0.1, 0.15) is 24.9 Å². The minimum Gasteiger partial charge on any atom is -0.394 e. The number of carbonyl (C=O) groups is 2. The Morgan fingerprint density at radius 2 is 1.93 bits per heavy atom. The van der Waals surface area contributed by atoms with Crippen LogP contribution < -0.4 is 5.32 Å². The molecular weight excluding hydrogens is 370 g/mol. The summed E-state index contributed by atoms with van der Waals surface area (Å²) in [5.74, 6) is -1.30. The predicted octanol–water partition coefficient (Wildman–Crippen LogP) is -2.02. The lowest BCUT2D eigenvalue weighted by atomic mass is 10.1. The third-order valence-electron chi connectivity index (χ3n) is 4.77. The maximum atomic E-state index is 13.1. The number of carbonyl (C=O) groups excluding carboxylic acids is 2. The molecule has 4 rings (SSSR count). The van der Waals surface area contributed by atoms with Crippen LogP contribution in [0.25, 0.3) is 0 Å². The molecule has 3 amide bonds. The molecule has 3 aliphatic heterocycles. The van der Waals surface area contributed by atoms with E-state index in [2.05, 4.69) is 10.3 Å². The van der Waals surface area contributed by atoms with Gasteiger partial charge in [0, 0.05) is 0 Å². The summed E-state index contributed by atoms with van der Waals surface area (Å²) in [5, 5.41) is 39.6. The van der Waals surface area contributed by atoms with E-state index >= 15 is 0 Å². The highest BCUT2D eigenvalue weighted by Gasteiger charge is 2.60. The Morgan fingerprint density at radius 3 is 2.57 bits per heavy atom. The fourth-order valence-corrected chi connectivity index (χ4v) is 3.42. The molecule has 3 aliphatic rings. The smallest absolute Gasteiger partial charge is 0.394 e. The van der Waals surface area contributed by atoms with E-state index in [0.717, 1.165) is 10.5 Å². The molecule has 1 aromatic rings. The number of benzene rings is 1. The molecule has 0 aliphatic carbocycles. The number of fused-ring (bicyclic) bond motifs is 1. The van der Waals surface area contributed by atoms with Crippen LogP contribution in [-0.2, 0) is 16.1 Å². The third-order valence-corrected chi connectivity index (χ3v) is 4.77. The van der Waals surface area contributed by atoms with Gasteiger partial charge in [0.15, 0.2) is 0 Å². The van der Waals surface area contributed by atoms with E-state index in [1.54, 1.807) is 24.3 Å². The van der Waals surface area contributed by atoms with Gasteiger partial charge in [-0.1, -0.05) is 30.3 Å². The second-order valence-electron chi connectivity index (χ2n) is 6.54. The second-order valence-corrected chi connectivity index (χ2v) is 6.54. The first-order valence-electron chi connectivity index (χ1n) is 8.55. The zero-order valence-electron chi connectivity index (χ0n) is 14.5. The summed E-state index contributed by atoms with van der Waals surface area (Å²) in [7, 11) is 0. The van der Waals surface area contributed by atoms with Gasteiger partial charge in [-0.25, -0.2) is 0 Å². The Morgan fingerprint density at radius 1 is 1.21 bits per heavy atom. The largest absolute Gasteiger partial charge is 0.503 e. The SMILES string of the molecule is N=C1N=C2C(=[N+](Cc3ccccc3)C(=O)N2[C@@H]2O[C@H](CO)[C@@H](O)[C@H]2O)C(=O)N1. The van der Waals surface area contributed by atoms with Crippen molar-refractivity contribution in [2.75, 3.05) is 6.61 Å². The molecule has 1 saturated heterocycles. The number of amides is 3. The molecule has 0 aromatic heterocycles. The number of urea groups is 1. The van der Waals surface area contributed by atoms with Gasteiger partial charge in [0.25, 0.3) is 11.5 Å². The standard InChI is InChI=1S/C17H17N5O6/c18-16-19-13-10(14(26)20-16)21(6-8-4-2-1-3-5-8)17(27)22(13)15-12(25)11(24)9(7-23)28-15/h1-5,9,11-12,15,23-25H,6-7H2,(H-,18,20,26)/p+1/t9-,11-,12-,15-/m1/s1. The summed E-state index contributed by atoms with van der Waals surface area (Å²) in [6.45, 7) is -0.510. The normalized spacial score (nSPS) is 29.9. The van der Waals surface area contributed by atoms with Crippen LogP contribution in [-0.4, -0.2) is 85.4 Å². The molecule has 146 valence electrons. The van der Waals surface area contributed by atoms with E-state index in [-0.39, 0.29) is 18.1 Å². The lowest BCUT2D eigenvalue weighted by Crippen LogP contribution is -2.53. The summed E-state index contributed by atoms with van der Waals surface area (Å²) in [6.07, 6.45) is -5.42. The number of ether oxygens (including phenoxy) is 1. The van der Waals surface area contributed by atoms with Crippen LogP contribution in [0.5, 0.6) is 0 Å². The van der Waals surface area contributed by atoms with Gasteiger partial charge in [-0.15, -0.1) is 4.90 Å². The average Bonchev–Trinajstić information content (AvgIpc) is 3.10. The number of rotatable bonds is 4. The van der Waals surface area contributed by atoms with Gasteiger partial charge in [0.05, 0.1) is 6.61 Å². The third kappa shape index (κ3) is 2.81. The van der Waals surface area contributed by atoms with Crippen molar-refractivity contribution in [2.45, 2.75) is 31.1 Å². The van der Waals surface area contributed by atoms with Crippen molar-refractivity contribution in [1.82, 2.24) is 10.2 Å². The van der Waals surface area contributed by atoms with Crippen LogP contribution in [0.4, 0.5) is 4.79 Å². The maximum absolute atomic E-state index is 13.1. The van der Waals surface area contributed by atoms with Gasteiger partial charge in [-0.2, -0.15) is 14.4 Å². The number of amidine groups is 1. The van der Waals surface area contributed by atoms with Crippen molar-refractivity contribution in [3.8, 4) is 0 Å². The zero-order valence-corrected chi connectivity index (χ0v) is 14.5. The van der Waals surface area contributed by atoms with Crippen molar-refractivity contribution in [2.24, 2.45) is 4.99 Å². The molecule has 3 heterocycles. The number of guanidine groups is 1. The fourth-order valence-electron chi connectivity index (χ4n) is 3.42. The molecule has 0 bridgehead atoms.